The SMILES string of the molecule is C=C.CCc1ccc[n+](C)c1. The van der Waals surface area contributed by atoms with E-state index >= 15 is 0 Å². The second-order valence-electron chi connectivity index (χ2n) is 2.23. The summed E-state index contributed by atoms with van der Waals surface area (Å²) >= 11 is 0. The number of hydrogen-bond donors (Lipinski definition) is 0. The van der Waals surface area contributed by atoms with Crippen LogP contribution in [0, 0.1) is 0 Å². The van der Waals surface area contributed by atoms with Gasteiger partial charge in [0, 0.05) is 11.6 Å². The quantitative estimate of drug-likeness (QED) is 0.425. The summed E-state index contributed by atoms with van der Waals surface area (Å²) in [6, 6.07) is 4.21. The zero-order valence-corrected chi connectivity index (χ0v) is 7.38. The van der Waals surface area contributed by atoms with Crippen molar-refractivity contribution in [3.05, 3.63) is 43.2 Å². The molecule has 0 aromatic carbocycles. The summed E-state index contributed by atoms with van der Waals surface area (Å²) in [5.41, 5.74) is 1.39. The molecule has 1 nitrogen and oxygen atoms in total. The zero-order valence-electron chi connectivity index (χ0n) is 7.38. The van der Waals surface area contributed by atoms with Gasteiger partial charge in [-0.2, -0.15) is 0 Å². The molecule has 1 rings (SSSR count). The van der Waals surface area contributed by atoms with Crippen LogP contribution < -0.4 is 4.57 Å². The van der Waals surface area contributed by atoms with Gasteiger partial charge in [-0.1, -0.05) is 6.92 Å². The molecule has 0 unspecified atom stereocenters. The third kappa shape index (κ3) is 3.56. The first-order valence-corrected chi connectivity index (χ1v) is 3.77. The first-order valence-electron chi connectivity index (χ1n) is 3.77. The average molecular weight is 150 g/mol. The molecule has 0 aliphatic heterocycles. The van der Waals surface area contributed by atoms with Gasteiger partial charge in [-0.25, -0.2) is 4.57 Å². The van der Waals surface area contributed by atoms with Gasteiger partial charge < -0.3 is 0 Å². The van der Waals surface area contributed by atoms with Crippen molar-refractivity contribution in [2.75, 3.05) is 0 Å². The van der Waals surface area contributed by atoms with Gasteiger partial charge in [0.1, 0.15) is 7.05 Å². The van der Waals surface area contributed by atoms with E-state index in [0.29, 0.717) is 0 Å². The number of nitrogens with zero attached hydrogens (tertiary/aromatic N) is 1. The normalized spacial score (nSPS) is 8.18. The second kappa shape index (κ2) is 5.66. The third-order valence-corrected chi connectivity index (χ3v) is 1.41. The lowest BCUT2D eigenvalue weighted by atomic mass is 10.2. The van der Waals surface area contributed by atoms with Gasteiger partial charge in [0.2, 0.25) is 0 Å². The maximum atomic E-state index is 3.00. The van der Waals surface area contributed by atoms with Crippen LogP contribution in [-0.4, -0.2) is 0 Å². The van der Waals surface area contributed by atoms with E-state index in [1.807, 2.05) is 13.2 Å². The molecule has 0 fully saturated rings. The van der Waals surface area contributed by atoms with E-state index in [0.717, 1.165) is 6.42 Å². The second-order valence-corrected chi connectivity index (χ2v) is 2.23. The molecule has 0 amide bonds. The highest BCUT2D eigenvalue weighted by Gasteiger charge is 1.91. The Kier molecular flexibility index (Phi) is 5.09. The molecule has 0 aliphatic carbocycles. The lowest BCUT2D eigenvalue weighted by Crippen LogP contribution is -2.26. The van der Waals surface area contributed by atoms with Gasteiger partial charge in [0.25, 0.3) is 0 Å². The predicted molar refractivity (Wildman–Crippen MR) is 48.3 cm³/mol. The van der Waals surface area contributed by atoms with Gasteiger partial charge in [-0.15, -0.1) is 13.2 Å². The van der Waals surface area contributed by atoms with E-state index in [1.165, 1.54) is 5.56 Å². The summed E-state index contributed by atoms with van der Waals surface area (Å²) in [5.74, 6) is 0. The van der Waals surface area contributed by atoms with Crippen LogP contribution in [0.3, 0.4) is 0 Å². The summed E-state index contributed by atoms with van der Waals surface area (Å²) in [7, 11) is 2.04. The smallest absolute Gasteiger partial charge is 0.171 e. The Bertz CT molecular complexity index is 206. The zero-order chi connectivity index (χ0) is 8.69. The Labute approximate surface area is 69.0 Å². The number of rotatable bonds is 1. The molecule has 11 heavy (non-hydrogen) atoms. The van der Waals surface area contributed by atoms with Crippen molar-refractivity contribution in [3.63, 3.8) is 0 Å². The van der Waals surface area contributed by atoms with Crippen molar-refractivity contribution < 1.29 is 4.57 Å². The molecule has 0 saturated carbocycles. The molecular formula is C10H16N+. The largest absolute Gasteiger partial charge is 0.208 e. The predicted octanol–water partition coefficient (Wildman–Crippen LogP) is 1.88. The van der Waals surface area contributed by atoms with E-state index in [9.17, 15) is 0 Å². The molecule has 60 valence electrons. The fourth-order valence-electron chi connectivity index (χ4n) is 0.859. The highest BCUT2D eigenvalue weighted by Crippen LogP contribution is 1.92. The van der Waals surface area contributed by atoms with Gasteiger partial charge in [-0.05, 0) is 12.5 Å². The molecule has 0 bridgehead atoms. The first kappa shape index (κ1) is 9.89. The number of pyridine rings is 1. The van der Waals surface area contributed by atoms with Crippen LogP contribution in [0.5, 0.6) is 0 Å². The van der Waals surface area contributed by atoms with E-state index in [1.54, 1.807) is 0 Å². The molecule has 0 N–H and O–H groups in total. The fraction of sp³-hybridized carbons (Fsp3) is 0.300. The van der Waals surface area contributed by atoms with Crippen LogP contribution in [-0.2, 0) is 13.5 Å². The molecule has 0 radical (unpaired) electrons. The minimum atomic E-state index is 1.12. The molecule has 0 atom stereocenters. The topological polar surface area (TPSA) is 3.88 Å². The van der Waals surface area contributed by atoms with Crippen LogP contribution >= 0.6 is 0 Å². The molecular weight excluding hydrogens is 134 g/mol. The molecule has 0 saturated heterocycles. The average Bonchev–Trinajstić information content (AvgIpc) is 2.08. The molecule has 1 aromatic heterocycles. The van der Waals surface area contributed by atoms with E-state index in [2.05, 4.69) is 43.0 Å². The van der Waals surface area contributed by atoms with E-state index in [-0.39, 0.29) is 0 Å². The minimum absolute atomic E-state index is 1.12. The van der Waals surface area contributed by atoms with Crippen LogP contribution in [0.25, 0.3) is 0 Å². The van der Waals surface area contributed by atoms with Gasteiger partial charge in [0.05, 0.1) is 0 Å². The molecule has 0 spiro atoms. The van der Waals surface area contributed by atoms with Crippen LogP contribution in [0.15, 0.2) is 37.7 Å². The van der Waals surface area contributed by atoms with Crippen molar-refractivity contribution in [2.24, 2.45) is 7.05 Å². The van der Waals surface area contributed by atoms with Crippen molar-refractivity contribution in [2.45, 2.75) is 13.3 Å². The fourth-order valence-corrected chi connectivity index (χ4v) is 0.859. The number of hydrogen-bond acceptors (Lipinski definition) is 0. The first-order chi connectivity index (χ1) is 5.33. The van der Waals surface area contributed by atoms with Gasteiger partial charge in [0.15, 0.2) is 12.4 Å². The maximum absolute atomic E-state index is 3.00. The van der Waals surface area contributed by atoms with E-state index < -0.39 is 0 Å². The summed E-state index contributed by atoms with van der Waals surface area (Å²) in [4.78, 5) is 0. The lowest BCUT2D eigenvalue weighted by molar-refractivity contribution is -0.671. The van der Waals surface area contributed by atoms with Gasteiger partial charge >= 0.3 is 0 Å². The van der Waals surface area contributed by atoms with Gasteiger partial charge in [-0.3, -0.25) is 0 Å². The summed E-state index contributed by atoms with van der Waals surface area (Å²) in [6.07, 6.45) is 5.30. The van der Waals surface area contributed by atoms with Crippen LogP contribution in [0.4, 0.5) is 0 Å². The Hall–Kier alpha value is -1.11. The third-order valence-electron chi connectivity index (χ3n) is 1.41. The van der Waals surface area contributed by atoms with Crippen LogP contribution in [0.1, 0.15) is 12.5 Å². The summed E-state index contributed by atoms with van der Waals surface area (Å²) < 4.78 is 2.07. The summed E-state index contributed by atoms with van der Waals surface area (Å²) in [6.45, 7) is 8.16. The van der Waals surface area contributed by atoms with E-state index in [4.69, 9.17) is 0 Å². The summed E-state index contributed by atoms with van der Waals surface area (Å²) in [5, 5.41) is 0. The van der Waals surface area contributed by atoms with Crippen molar-refractivity contribution in [3.8, 4) is 0 Å². The Balaban J connectivity index is 0.000000461. The van der Waals surface area contributed by atoms with Crippen molar-refractivity contribution >= 4 is 0 Å². The van der Waals surface area contributed by atoms with Crippen molar-refractivity contribution in [1.82, 2.24) is 0 Å². The Morgan fingerprint density at radius 3 is 2.45 bits per heavy atom. The van der Waals surface area contributed by atoms with Crippen molar-refractivity contribution in [1.29, 1.82) is 0 Å². The molecule has 1 heterocycles. The molecule has 1 heteroatoms. The highest BCUT2D eigenvalue weighted by molar-refractivity contribution is 5.04. The Morgan fingerprint density at radius 1 is 1.45 bits per heavy atom. The minimum Gasteiger partial charge on any atom is -0.208 e. The monoisotopic (exact) mass is 150 g/mol. The molecule has 1 aromatic rings. The highest BCUT2D eigenvalue weighted by atomic mass is 14.9. The molecule has 0 aliphatic rings. The maximum Gasteiger partial charge on any atom is 0.171 e. The van der Waals surface area contributed by atoms with Crippen LogP contribution in [0.2, 0.25) is 0 Å². The lowest BCUT2D eigenvalue weighted by Gasteiger charge is -1.90. The Morgan fingerprint density at radius 2 is 2.09 bits per heavy atom. The number of aryl methyl sites for hydroxylation is 2. The number of aromatic nitrogens is 1. The standard InChI is InChI=1S/C8H12N.C2H4/c1-3-8-5-4-6-9(2)7-8;1-2/h4-7H,3H2,1-2H3;1-2H2/q+1;.